The lowest BCUT2D eigenvalue weighted by Crippen LogP contribution is -2.41. The number of H-pyrrole nitrogens is 1. The van der Waals surface area contributed by atoms with Crippen LogP contribution in [0, 0.1) is 19.8 Å². The Balaban J connectivity index is 1.84. The summed E-state index contributed by atoms with van der Waals surface area (Å²) in [5.41, 5.74) is 2.58. The summed E-state index contributed by atoms with van der Waals surface area (Å²) in [7, 11) is 1.30. The Kier molecular flexibility index (Phi) is 5.92. The van der Waals surface area contributed by atoms with E-state index in [1.54, 1.807) is 24.9 Å². The molecule has 0 saturated heterocycles. The molecule has 0 spiro atoms. The molecule has 1 aliphatic rings. The van der Waals surface area contributed by atoms with Gasteiger partial charge < -0.3 is 14.6 Å². The summed E-state index contributed by atoms with van der Waals surface area (Å²) in [4.78, 5) is 46.6. The zero-order chi connectivity index (χ0) is 20.3. The molecule has 1 amide bonds. The van der Waals surface area contributed by atoms with Crippen LogP contribution in [0.25, 0.3) is 0 Å². The van der Waals surface area contributed by atoms with E-state index in [0.29, 0.717) is 16.8 Å². The number of carbonyl (C=O) groups excluding carboxylic acids is 3. The highest BCUT2D eigenvalue weighted by molar-refractivity contribution is 6.04. The second-order valence-corrected chi connectivity index (χ2v) is 7.18. The first kappa shape index (κ1) is 19.8. The van der Waals surface area contributed by atoms with Gasteiger partial charge in [0.1, 0.15) is 5.69 Å². The van der Waals surface area contributed by atoms with Crippen LogP contribution in [0.2, 0.25) is 0 Å². The second kappa shape index (κ2) is 8.37. The standard InChI is InChI=1S/C21H25N3O4/c1-13-18(14(2)23-19(13)21(27)28-3)17(25)12-24(20(26)15-7-6-8-15)11-16-9-4-5-10-22-16/h4-5,9-10,15,23H,6-8,11-12H2,1-3H3. The number of aromatic amines is 1. The van der Waals surface area contributed by atoms with Crippen molar-refractivity contribution >= 4 is 17.7 Å². The summed E-state index contributed by atoms with van der Waals surface area (Å²) in [5, 5.41) is 0. The summed E-state index contributed by atoms with van der Waals surface area (Å²) in [5.74, 6) is -0.750. The molecule has 28 heavy (non-hydrogen) atoms. The number of methoxy groups -OCH3 is 1. The van der Waals surface area contributed by atoms with Crippen LogP contribution < -0.4 is 0 Å². The topological polar surface area (TPSA) is 92.4 Å². The highest BCUT2D eigenvalue weighted by Gasteiger charge is 2.32. The third kappa shape index (κ3) is 3.98. The van der Waals surface area contributed by atoms with Crippen molar-refractivity contribution in [1.82, 2.24) is 14.9 Å². The number of nitrogens with one attached hydrogen (secondary N) is 1. The molecule has 0 bridgehead atoms. The molecule has 1 saturated carbocycles. The Labute approximate surface area is 164 Å². The zero-order valence-corrected chi connectivity index (χ0v) is 16.4. The third-order valence-corrected chi connectivity index (χ3v) is 5.29. The second-order valence-electron chi connectivity index (χ2n) is 7.18. The summed E-state index contributed by atoms with van der Waals surface area (Å²) >= 11 is 0. The number of aryl methyl sites for hydroxylation is 1. The highest BCUT2D eigenvalue weighted by Crippen LogP contribution is 2.29. The summed E-state index contributed by atoms with van der Waals surface area (Å²) in [6.45, 7) is 3.68. The van der Waals surface area contributed by atoms with E-state index in [2.05, 4.69) is 9.97 Å². The molecule has 1 fully saturated rings. The maximum Gasteiger partial charge on any atom is 0.354 e. The first-order valence-corrected chi connectivity index (χ1v) is 9.41. The van der Waals surface area contributed by atoms with Crippen LogP contribution in [-0.2, 0) is 16.1 Å². The van der Waals surface area contributed by atoms with Crippen LogP contribution in [0.1, 0.15) is 57.1 Å². The van der Waals surface area contributed by atoms with Gasteiger partial charge in [0, 0.05) is 23.4 Å². The lowest BCUT2D eigenvalue weighted by molar-refractivity contribution is -0.138. The van der Waals surface area contributed by atoms with Gasteiger partial charge in [-0.05, 0) is 44.4 Å². The summed E-state index contributed by atoms with van der Waals surface area (Å²) in [6.07, 6.45) is 4.44. The van der Waals surface area contributed by atoms with Crippen LogP contribution in [0.3, 0.4) is 0 Å². The molecule has 2 aromatic heterocycles. The van der Waals surface area contributed by atoms with Gasteiger partial charge in [-0.2, -0.15) is 0 Å². The van der Waals surface area contributed by atoms with E-state index >= 15 is 0 Å². The van der Waals surface area contributed by atoms with E-state index in [0.717, 1.165) is 25.0 Å². The number of carbonyl (C=O) groups is 3. The molecule has 2 aromatic rings. The minimum atomic E-state index is -0.518. The van der Waals surface area contributed by atoms with Gasteiger partial charge in [0.2, 0.25) is 5.91 Å². The molecule has 0 atom stereocenters. The zero-order valence-electron chi connectivity index (χ0n) is 16.4. The molecule has 0 aliphatic heterocycles. The minimum absolute atomic E-state index is 0.00992. The molecule has 0 aromatic carbocycles. The largest absolute Gasteiger partial charge is 0.464 e. The molecule has 148 valence electrons. The highest BCUT2D eigenvalue weighted by atomic mass is 16.5. The van der Waals surface area contributed by atoms with E-state index in [-0.39, 0.29) is 36.4 Å². The summed E-state index contributed by atoms with van der Waals surface area (Å²) in [6, 6.07) is 5.51. The quantitative estimate of drug-likeness (QED) is 0.586. The van der Waals surface area contributed by atoms with Gasteiger partial charge >= 0.3 is 5.97 Å². The minimum Gasteiger partial charge on any atom is -0.464 e. The number of ether oxygens (including phenoxy) is 1. The first-order valence-electron chi connectivity index (χ1n) is 9.41. The molecule has 1 aliphatic carbocycles. The molecule has 7 heteroatoms. The van der Waals surface area contributed by atoms with Crippen LogP contribution in [-0.4, -0.2) is 46.2 Å². The van der Waals surface area contributed by atoms with E-state index < -0.39 is 5.97 Å². The van der Waals surface area contributed by atoms with Crippen molar-refractivity contribution in [3.05, 3.63) is 52.6 Å². The molecule has 2 heterocycles. The number of amides is 1. The molecule has 7 nitrogen and oxygen atoms in total. The molecule has 3 rings (SSSR count). The SMILES string of the molecule is COC(=O)c1[nH]c(C)c(C(=O)CN(Cc2ccccn2)C(=O)C2CCC2)c1C. The van der Waals surface area contributed by atoms with Crippen molar-refractivity contribution in [2.75, 3.05) is 13.7 Å². The maximum absolute atomic E-state index is 13.1. The first-order chi connectivity index (χ1) is 13.4. The van der Waals surface area contributed by atoms with Gasteiger partial charge in [0.15, 0.2) is 5.78 Å². The van der Waals surface area contributed by atoms with Crippen LogP contribution in [0.4, 0.5) is 0 Å². The number of rotatable bonds is 7. The van der Waals surface area contributed by atoms with Crippen molar-refractivity contribution in [3.8, 4) is 0 Å². The third-order valence-electron chi connectivity index (χ3n) is 5.29. The molecule has 1 N–H and O–H groups in total. The average molecular weight is 383 g/mol. The average Bonchev–Trinajstić information content (AvgIpc) is 2.94. The van der Waals surface area contributed by atoms with Gasteiger partial charge in [-0.25, -0.2) is 4.79 Å². The molecular weight excluding hydrogens is 358 g/mol. The van der Waals surface area contributed by atoms with Crippen molar-refractivity contribution < 1.29 is 19.1 Å². The van der Waals surface area contributed by atoms with Gasteiger partial charge in [0.25, 0.3) is 0 Å². The Morgan fingerprint density at radius 2 is 2.00 bits per heavy atom. The number of hydrogen-bond donors (Lipinski definition) is 1. The summed E-state index contributed by atoms with van der Waals surface area (Å²) < 4.78 is 4.76. The van der Waals surface area contributed by atoms with Gasteiger partial charge in [-0.1, -0.05) is 12.5 Å². The van der Waals surface area contributed by atoms with Crippen LogP contribution in [0.15, 0.2) is 24.4 Å². The smallest absolute Gasteiger partial charge is 0.354 e. The Bertz CT molecular complexity index is 885. The monoisotopic (exact) mass is 383 g/mol. The number of aromatic nitrogens is 2. The van der Waals surface area contributed by atoms with Crippen LogP contribution in [0.5, 0.6) is 0 Å². The van der Waals surface area contributed by atoms with Gasteiger partial charge in [0.05, 0.1) is 25.9 Å². The molecular formula is C21H25N3O4. The van der Waals surface area contributed by atoms with E-state index in [4.69, 9.17) is 4.74 Å². The predicted molar refractivity (Wildman–Crippen MR) is 103 cm³/mol. The number of Topliss-reactive ketones (excluding diaryl/α,β-unsaturated/α-hetero) is 1. The fourth-order valence-electron chi connectivity index (χ4n) is 3.54. The molecule has 0 unspecified atom stereocenters. The number of pyridine rings is 1. The Morgan fingerprint density at radius 3 is 2.57 bits per heavy atom. The van der Waals surface area contributed by atoms with Gasteiger partial charge in [-0.15, -0.1) is 0 Å². The fraction of sp³-hybridized carbons (Fsp3) is 0.429. The molecule has 0 radical (unpaired) electrons. The van der Waals surface area contributed by atoms with E-state index in [1.165, 1.54) is 7.11 Å². The van der Waals surface area contributed by atoms with Crippen molar-refractivity contribution in [2.24, 2.45) is 5.92 Å². The predicted octanol–water partition coefficient (Wildman–Crippen LogP) is 2.82. The number of nitrogens with zero attached hydrogens (tertiary/aromatic N) is 2. The number of ketones is 1. The van der Waals surface area contributed by atoms with Crippen molar-refractivity contribution in [2.45, 2.75) is 39.7 Å². The Hall–Kier alpha value is -2.96. The number of hydrogen-bond acceptors (Lipinski definition) is 5. The van der Waals surface area contributed by atoms with Crippen molar-refractivity contribution in [1.29, 1.82) is 0 Å². The lowest BCUT2D eigenvalue weighted by Gasteiger charge is -2.31. The maximum atomic E-state index is 13.1. The van der Waals surface area contributed by atoms with Crippen LogP contribution >= 0.6 is 0 Å². The lowest BCUT2D eigenvalue weighted by atomic mass is 9.84. The van der Waals surface area contributed by atoms with E-state index in [1.807, 2.05) is 18.2 Å². The Morgan fingerprint density at radius 1 is 1.25 bits per heavy atom. The van der Waals surface area contributed by atoms with E-state index in [9.17, 15) is 14.4 Å². The van der Waals surface area contributed by atoms with Crippen molar-refractivity contribution in [3.63, 3.8) is 0 Å². The number of esters is 1. The fourth-order valence-corrected chi connectivity index (χ4v) is 3.54. The normalized spacial score (nSPS) is 13.7. The van der Waals surface area contributed by atoms with Gasteiger partial charge in [-0.3, -0.25) is 14.6 Å².